The summed E-state index contributed by atoms with van der Waals surface area (Å²) < 4.78 is 0. The predicted octanol–water partition coefficient (Wildman–Crippen LogP) is 3.10. The third-order valence-electron chi connectivity index (χ3n) is 3.55. The molecule has 0 amide bonds. The molecule has 1 nitrogen and oxygen atoms in total. The Morgan fingerprint density at radius 2 is 1.93 bits per heavy atom. The molecule has 1 aromatic rings. The van der Waals surface area contributed by atoms with E-state index in [9.17, 15) is 0 Å². The normalized spacial score (nSPS) is 20.6. The van der Waals surface area contributed by atoms with Crippen LogP contribution in [0.25, 0.3) is 0 Å². The second-order valence-corrected chi connectivity index (χ2v) is 4.99. The molecule has 0 saturated heterocycles. The molecule has 0 bridgehead atoms. The van der Waals surface area contributed by atoms with Crippen molar-refractivity contribution in [1.29, 1.82) is 0 Å². The van der Waals surface area contributed by atoms with E-state index in [1.54, 1.807) is 0 Å². The number of hydrogen-bond acceptors (Lipinski definition) is 1. The summed E-state index contributed by atoms with van der Waals surface area (Å²) in [6, 6.07) is 6.80. The van der Waals surface area contributed by atoms with Crippen molar-refractivity contribution in [2.24, 2.45) is 11.1 Å². The van der Waals surface area contributed by atoms with Crippen LogP contribution in [0, 0.1) is 19.3 Å². The summed E-state index contributed by atoms with van der Waals surface area (Å²) in [6.45, 7) is 6.58. The first-order valence-electron chi connectivity index (χ1n) is 5.36. The average molecular weight is 189 g/mol. The van der Waals surface area contributed by atoms with Gasteiger partial charge >= 0.3 is 0 Å². The molecule has 0 aliphatic heterocycles. The van der Waals surface area contributed by atoms with Crippen molar-refractivity contribution in [3.63, 3.8) is 0 Å². The van der Waals surface area contributed by atoms with E-state index in [0.29, 0.717) is 5.41 Å². The molecule has 14 heavy (non-hydrogen) atoms. The Hall–Kier alpha value is -0.820. The van der Waals surface area contributed by atoms with E-state index in [-0.39, 0.29) is 6.04 Å². The Balaban J connectivity index is 2.32. The number of benzene rings is 1. The van der Waals surface area contributed by atoms with Gasteiger partial charge in [-0.2, -0.15) is 0 Å². The summed E-state index contributed by atoms with van der Waals surface area (Å²) >= 11 is 0. The standard InChI is InChI=1S/C13H19N/c1-9-4-5-11(10(2)8-9)12(14)13(3)6-7-13/h4-5,8,12H,6-7,14H2,1-3H3. The largest absolute Gasteiger partial charge is 0.323 e. The van der Waals surface area contributed by atoms with E-state index in [1.807, 2.05) is 0 Å². The van der Waals surface area contributed by atoms with Crippen molar-refractivity contribution in [1.82, 2.24) is 0 Å². The zero-order chi connectivity index (χ0) is 10.3. The smallest absolute Gasteiger partial charge is 0.0352 e. The monoisotopic (exact) mass is 189 g/mol. The molecule has 1 atom stereocenters. The zero-order valence-corrected chi connectivity index (χ0v) is 9.30. The highest BCUT2D eigenvalue weighted by Crippen LogP contribution is 2.53. The fourth-order valence-corrected chi connectivity index (χ4v) is 2.06. The molecular formula is C13H19N. The van der Waals surface area contributed by atoms with Crippen molar-refractivity contribution >= 4 is 0 Å². The number of aryl methyl sites for hydroxylation is 2. The van der Waals surface area contributed by atoms with Crippen LogP contribution in [0.4, 0.5) is 0 Å². The van der Waals surface area contributed by atoms with Gasteiger partial charge in [-0.05, 0) is 43.2 Å². The second kappa shape index (κ2) is 3.09. The summed E-state index contributed by atoms with van der Waals surface area (Å²) in [5, 5.41) is 0. The van der Waals surface area contributed by atoms with E-state index >= 15 is 0 Å². The highest BCUT2D eigenvalue weighted by molar-refractivity contribution is 5.34. The molecule has 2 rings (SSSR count). The molecule has 1 saturated carbocycles. The second-order valence-electron chi connectivity index (χ2n) is 4.99. The van der Waals surface area contributed by atoms with E-state index < -0.39 is 0 Å². The van der Waals surface area contributed by atoms with Gasteiger partial charge in [-0.25, -0.2) is 0 Å². The quantitative estimate of drug-likeness (QED) is 0.760. The van der Waals surface area contributed by atoms with Gasteiger partial charge in [-0.3, -0.25) is 0 Å². The van der Waals surface area contributed by atoms with Crippen molar-refractivity contribution in [2.75, 3.05) is 0 Å². The van der Waals surface area contributed by atoms with Gasteiger partial charge in [0.15, 0.2) is 0 Å². The summed E-state index contributed by atoms with van der Waals surface area (Å²) in [7, 11) is 0. The van der Waals surface area contributed by atoms with Crippen LogP contribution >= 0.6 is 0 Å². The molecule has 1 aromatic carbocycles. The van der Waals surface area contributed by atoms with Crippen LogP contribution in [-0.2, 0) is 0 Å². The molecule has 1 unspecified atom stereocenters. The minimum absolute atomic E-state index is 0.225. The van der Waals surface area contributed by atoms with E-state index in [4.69, 9.17) is 5.73 Å². The first-order valence-corrected chi connectivity index (χ1v) is 5.36. The van der Waals surface area contributed by atoms with Crippen LogP contribution in [0.5, 0.6) is 0 Å². The summed E-state index contributed by atoms with van der Waals surface area (Å²) in [5.41, 5.74) is 10.6. The highest BCUT2D eigenvalue weighted by atomic mass is 14.7. The van der Waals surface area contributed by atoms with Crippen molar-refractivity contribution in [3.05, 3.63) is 34.9 Å². The van der Waals surface area contributed by atoms with Crippen molar-refractivity contribution < 1.29 is 0 Å². The fraction of sp³-hybridized carbons (Fsp3) is 0.538. The number of hydrogen-bond donors (Lipinski definition) is 1. The van der Waals surface area contributed by atoms with E-state index in [0.717, 1.165) is 0 Å². The average Bonchev–Trinajstić information content (AvgIpc) is 2.84. The van der Waals surface area contributed by atoms with Gasteiger partial charge in [0.05, 0.1) is 0 Å². The Kier molecular flexibility index (Phi) is 2.15. The molecule has 2 N–H and O–H groups in total. The third kappa shape index (κ3) is 1.57. The lowest BCUT2D eigenvalue weighted by Gasteiger charge is -2.21. The molecule has 0 aromatic heterocycles. The van der Waals surface area contributed by atoms with Crippen LogP contribution in [0.1, 0.15) is 42.5 Å². The van der Waals surface area contributed by atoms with Gasteiger partial charge in [0.2, 0.25) is 0 Å². The first kappa shape index (κ1) is 9.72. The predicted molar refractivity (Wildman–Crippen MR) is 60.2 cm³/mol. The minimum atomic E-state index is 0.225. The van der Waals surface area contributed by atoms with Crippen molar-refractivity contribution in [3.8, 4) is 0 Å². The summed E-state index contributed by atoms with van der Waals surface area (Å²) in [4.78, 5) is 0. The molecule has 0 radical (unpaired) electrons. The molecule has 1 heteroatoms. The highest BCUT2D eigenvalue weighted by Gasteiger charge is 2.43. The minimum Gasteiger partial charge on any atom is -0.323 e. The van der Waals surface area contributed by atoms with Gasteiger partial charge in [-0.15, -0.1) is 0 Å². The van der Waals surface area contributed by atoms with Crippen LogP contribution in [0.3, 0.4) is 0 Å². The van der Waals surface area contributed by atoms with Gasteiger partial charge < -0.3 is 5.73 Å². The lowest BCUT2D eigenvalue weighted by atomic mass is 9.89. The lowest BCUT2D eigenvalue weighted by Crippen LogP contribution is -2.21. The van der Waals surface area contributed by atoms with Gasteiger partial charge in [0.1, 0.15) is 0 Å². The van der Waals surface area contributed by atoms with Gasteiger partial charge in [0.25, 0.3) is 0 Å². The molecule has 0 heterocycles. The molecule has 76 valence electrons. The van der Waals surface area contributed by atoms with Crippen LogP contribution in [-0.4, -0.2) is 0 Å². The summed E-state index contributed by atoms with van der Waals surface area (Å²) in [6.07, 6.45) is 2.56. The zero-order valence-electron chi connectivity index (χ0n) is 9.30. The Bertz CT molecular complexity index is 350. The number of rotatable bonds is 2. The molecule has 0 spiro atoms. The summed E-state index contributed by atoms with van der Waals surface area (Å²) in [5.74, 6) is 0. The SMILES string of the molecule is Cc1ccc(C(N)C2(C)CC2)c(C)c1. The van der Waals surface area contributed by atoms with Gasteiger partial charge in [0, 0.05) is 6.04 Å². The Morgan fingerprint density at radius 3 is 2.43 bits per heavy atom. The third-order valence-corrected chi connectivity index (χ3v) is 3.55. The van der Waals surface area contributed by atoms with E-state index in [1.165, 1.54) is 29.5 Å². The van der Waals surface area contributed by atoms with Gasteiger partial charge in [-0.1, -0.05) is 30.7 Å². The Labute approximate surface area is 86.3 Å². The number of nitrogens with two attached hydrogens (primary N) is 1. The fourth-order valence-electron chi connectivity index (χ4n) is 2.06. The van der Waals surface area contributed by atoms with Crippen molar-refractivity contribution in [2.45, 2.75) is 39.7 Å². The Morgan fingerprint density at radius 1 is 1.29 bits per heavy atom. The van der Waals surface area contributed by atoms with Crippen LogP contribution in [0.2, 0.25) is 0 Å². The topological polar surface area (TPSA) is 26.0 Å². The molecule has 1 fully saturated rings. The maximum Gasteiger partial charge on any atom is 0.0352 e. The van der Waals surface area contributed by atoms with Crippen LogP contribution < -0.4 is 5.73 Å². The molecular weight excluding hydrogens is 170 g/mol. The first-order chi connectivity index (χ1) is 6.53. The maximum absolute atomic E-state index is 6.29. The molecule has 1 aliphatic rings. The van der Waals surface area contributed by atoms with Crippen LogP contribution in [0.15, 0.2) is 18.2 Å². The van der Waals surface area contributed by atoms with E-state index in [2.05, 4.69) is 39.0 Å². The lowest BCUT2D eigenvalue weighted by molar-refractivity contribution is 0.449. The molecule has 1 aliphatic carbocycles. The maximum atomic E-state index is 6.29.